The lowest BCUT2D eigenvalue weighted by Gasteiger charge is -2.59. The van der Waals surface area contributed by atoms with Crippen molar-refractivity contribution in [3.05, 3.63) is 11.6 Å². The average molecular weight is 346 g/mol. The second kappa shape index (κ2) is 5.75. The van der Waals surface area contributed by atoms with E-state index in [1.165, 1.54) is 5.57 Å². The predicted molar refractivity (Wildman–Crippen MR) is 93.7 cm³/mol. The molecular weight excluding hydrogens is 316 g/mol. The minimum Gasteiger partial charge on any atom is -0.393 e. The molecule has 3 saturated carbocycles. The third-order valence-corrected chi connectivity index (χ3v) is 8.44. The summed E-state index contributed by atoms with van der Waals surface area (Å²) in [7, 11) is 0. The molecule has 0 aliphatic heterocycles. The van der Waals surface area contributed by atoms with Crippen LogP contribution in [0.15, 0.2) is 11.6 Å². The van der Waals surface area contributed by atoms with Crippen LogP contribution < -0.4 is 0 Å². The van der Waals surface area contributed by atoms with Crippen molar-refractivity contribution in [3.63, 3.8) is 0 Å². The summed E-state index contributed by atoms with van der Waals surface area (Å²) in [5.74, 6) is 1.12. The average Bonchev–Trinajstić information content (AvgIpc) is 2.91. The third-order valence-electron chi connectivity index (χ3n) is 8.44. The van der Waals surface area contributed by atoms with E-state index in [0.717, 1.165) is 32.1 Å². The number of rotatable bonds is 2. The van der Waals surface area contributed by atoms with Crippen molar-refractivity contribution >= 4 is 11.6 Å². The molecule has 3 fully saturated rings. The van der Waals surface area contributed by atoms with Gasteiger partial charge in [-0.15, -0.1) is 0 Å². The van der Waals surface area contributed by atoms with E-state index in [2.05, 4.69) is 13.8 Å². The summed E-state index contributed by atoms with van der Waals surface area (Å²) in [6.07, 6.45) is 7.32. The fourth-order valence-electron chi connectivity index (χ4n) is 7.33. The maximum Gasteiger partial charge on any atom is 0.161 e. The summed E-state index contributed by atoms with van der Waals surface area (Å²) >= 11 is 0. The Balaban J connectivity index is 1.70. The number of ketones is 2. The van der Waals surface area contributed by atoms with Gasteiger partial charge in [-0.05, 0) is 73.2 Å². The lowest BCUT2D eigenvalue weighted by molar-refractivity contribution is -0.146. The van der Waals surface area contributed by atoms with Gasteiger partial charge < -0.3 is 10.2 Å². The first-order valence-corrected chi connectivity index (χ1v) is 9.87. The smallest absolute Gasteiger partial charge is 0.161 e. The number of carbonyl (C=O) groups excluding carboxylic acids is 2. The fraction of sp³-hybridized carbons (Fsp3) is 0.810. The summed E-state index contributed by atoms with van der Waals surface area (Å²) in [5.41, 5.74) is 0.979. The maximum absolute atomic E-state index is 12.3. The number of fused-ring (bicyclic) bond motifs is 5. The van der Waals surface area contributed by atoms with E-state index in [0.29, 0.717) is 24.7 Å². The second-order valence-corrected chi connectivity index (χ2v) is 9.42. The molecule has 0 amide bonds. The fourth-order valence-corrected chi connectivity index (χ4v) is 7.33. The Hall–Kier alpha value is -1.00. The van der Waals surface area contributed by atoms with Gasteiger partial charge in [-0.25, -0.2) is 0 Å². The van der Waals surface area contributed by atoms with Crippen molar-refractivity contribution < 1.29 is 19.8 Å². The molecule has 138 valence electrons. The Labute approximate surface area is 149 Å². The third kappa shape index (κ3) is 2.33. The van der Waals surface area contributed by atoms with Crippen LogP contribution in [-0.4, -0.2) is 34.5 Å². The Kier molecular flexibility index (Phi) is 4.01. The Morgan fingerprint density at radius 2 is 2.00 bits per heavy atom. The lowest BCUT2D eigenvalue weighted by atomic mass is 9.46. The number of hydrogen-bond acceptors (Lipinski definition) is 4. The molecule has 4 nitrogen and oxygen atoms in total. The van der Waals surface area contributed by atoms with Gasteiger partial charge in [0.15, 0.2) is 11.6 Å². The molecule has 0 heterocycles. The predicted octanol–water partition coefficient (Wildman–Crippen LogP) is 2.67. The molecule has 0 radical (unpaired) electrons. The van der Waals surface area contributed by atoms with E-state index in [4.69, 9.17) is 0 Å². The molecule has 0 saturated heterocycles. The van der Waals surface area contributed by atoms with Crippen LogP contribution in [0.1, 0.15) is 58.8 Å². The van der Waals surface area contributed by atoms with Crippen LogP contribution in [-0.2, 0) is 9.59 Å². The van der Waals surface area contributed by atoms with Crippen molar-refractivity contribution in [1.82, 2.24) is 0 Å². The quantitative estimate of drug-likeness (QED) is 0.806. The van der Waals surface area contributed by atoms with Gasteiger partial charge in [0.25, 0.3) is 0 Å². The first-order chi connectivity index (χ1) is 11.8. The summed E-state index contributed by atoms with van der Waals surface area (Å²) < 4.78 is 0. The first-order valence-electron chi connectivity index (χ1n) is 9.87. The van der Waals surface area contributed by atoms with Gasteiger partial charge in [0.05, 0.1) is 6.10 Å². The standard InChI is InChI=1S/C21H30O4/c1-20-8-7-13(23)9-12(20)3-4-14-15-5-6-16(18(25)11-22)21(15,2)10-17(24)19(14)20/h9,14-17,19,22,24H,3-8,10-11H2,1-2H3/t14-,15-,16+,17-,19+,20+,21-/m1/s1. The van der Waals surface area contributed by atoms with E-state index in [1.54, 1.807) is 0 Å². The highest BCUT2D eigenvalue weighted by Crippen LogP contribution is 2.66. The van der Waals surface area contributed by atoms with Crippen molar-refractivity contribution in [2.45, 2.75) is 64.9 Å². The highest BCUT2D eigenvalue weighted by atomic mass is 16.3. The van der Waals surface area contributed by atoms with Crippen LogP contribution in [0, 0.1) is 34.5 Å². The van der Waals surface area contributed by atoms with E-state index < -0.39 is 6.10 Å². The molecule has 4 rings (SSSR count). The zero-order chi connectivity index (χ0) is 18.0. The number of allylic oxidation sites excluding steroid dienone is 1. The van der Waals surface area contributed by atoms with Crippen molar-refractivity contribution in [2.24, 2.45) is 34.5 Å². The van der Waals surface area contributed by atoms with Gasteiger partial charge in [-0.3, -0.25) is 9.59 Å². The summed E-state index contributed by atoms with van der Waals surface area (Å²) in [4.78, 5) is 24.2. The molecule has 0 aromatic rings. The highest BCUT2D eigenvalue weighted by molar-refractivity contribution is 5.91. The molecule has 7 atom stereocenters. The summed E-state index contributed by atoms with van der Waals surface area (Å²) in [6, 6.07) is 0. The number of aliphatic hydroxyl groups is 2. The topological polar surface area (TPSA) is 74.6 Å². The highest BCUT2D eigenvalue weighted by Gasteiger charge is 2.62. The normalized spacial score (nSPS) is 49.0. The molecular formula is C21H30O4. The molecule has 0 unspecified atom stereocenters. The number of Topliss-reactive ketones (excluding diaryl/α,β-unsaturated/α-hetero) is 1. The van der Waals surface area contributed by atoms with Gasteiger partial charge in [-0.1, -0.05) is 19.4 Å². The van der Waals surface area contributed by atoms with Gasteiger partial charge in [-0.2, -0.15) is 0 Å². The van der Waals surface area contributed by atoms with Crippen LogP contribution in [0.3, 0.4) is 0 Å². The number of carbonyl (C=O) groups is 2. The molecule has 0 aromatic carbocycles. The second-order valence-electron chi connectivity index (χ2n) is 9.42. The maximum atomic E-state index is 12.3. The van der Waals surface area contributed by atoms with Crippen LogP contribution in [0.5, 0.6) is 0 Å². The molecule has 4 heteroatoms. The van der Waals surface area contributed by atoms with Gasteiger partial charge >= 0.3 is 0 Å². The number of aliphatic hydroxyl groups excluding tert-OH is 2. The summed E-state index contributed by atoms with van der Waals surface area (Å²) in [5, 5.41) is 20.5. The first kappa shape index (κ1) is 17.4. The SMILES string of the molecule is C[C@@]12C[C@@H](O)[C@@H]3[C@H](CCC4=CC(=O)CC[C@@]43C)[C@H]1CC[C@H]2C(=O)CO. The van der Waals surface area contributed by atoms with Crippen molar-refractivity contribution in [2.75, 3.05) is 6.61 Å². The largest absolute Gasteiger partial charge is 0.393 e. The number of hydrogen-bond donors (Lipinski definition) is 2. The van der Waals surface area contributed by atoms with Crippen LogP contribution in [0.25, 0.3) is 0 Å². The van der Waals surface area contributed by atoms with E-state index in [-0.39, 0.29) is 40.8 Å². The monoisotopic (exact) mass is 346 g/mol. The Morgan fingerprint density at radius 3 is 2.72 bits per heavy atom. The van der Waals surface area contributed by atoms with Crippen LogP contribution >= 0.6 is 0 Å². The molecule has 0 bridgehead atoms. The van der Waals surface area contributed by atoms with Gasteiger partial charge in [0.1, 0.15) is 6.61 Å². The van der Waals surface area contributed by atoms with Crippen molar-refractivity contribution in [3.8, 4) is 0 Å². The van der Waals surface area contributed by atoms with E-state index >= 15 is 0 Å². The Morgan fingerprint density at radius 1 is 1.24 bits per heavy atom. The summed E-state index contributed by atoms with van der Waals surface area (Å²) in [6.45, 7) is 4.03. The minimum atomic E-state index is -0.430. The minimum absolute atomic E-state index is 0.0541. The Bertz CT molecular complexity index is 638. The lowest BCUT2D eigenvalue weighted by Crippen LogP contribution is -2.57. The van der Waals surface area contributed by atoms with Gasteiger partial charge in [0.2, 0.25) is 0 Å². The molecule has 2 N–H and O–H groups in total. The van der Waals surface area contributed by atoms with Crippen molar-refractivity contribution in [1.29, 1.82) is 0 Å². The zero-order valence-electron chi connectivity index (χ0n) is 15.3. The molecule has 4 aliphatic carbocycles. The molecule has 25 heavy (non-hydrogen) atoms. The molecule has 4 aliphatic rings. The molecule has 0 aromatic heterocycles. The van der Waals surface area contributed by atoms with E-state index in [9.17, 15) is 19.8 Å². The van der Waals surface area contributed by atoms with Crippen LogP contribution in [0.2, 0.25) is 0 Å². The van der Waals surface area contributed by atoms with Crippen LogP contribution in [0.4, 0.5) is 0 Å². The molecule has 0 spiro atoms. The van der Waals surface area contributed by atoms with E-state index in [1.807, 2.05) is 6.08 Å². The van der Waals surface area contributed by atoms with Gasteiger partial charge in [0, 0.05) is 12.3 Å². The zero-order valence-corrected chi connectivity index (χ0v) is 15.3.